The van der Waals surface area contributed by atoms with Gasteiger partial charge in [-0.05, 0) is 261 Å². The van der Waals surface area contributed by atoms with Crippen LogP contribution in [0.5, 0.6) is 5.88 Å². The second-order valence-electron chi connectivity index (χ2n) is 28.4. The standard InChI is InChI=1S/C14H19ClN2O2.C10H12BrClN2O.C9H17BO2.C9H3BrClF3N2O3S.C8H3BrClIN2.C8H4BrClN2O.C8H5ClN2O.C6H3BrClNO2.C4H11N/c1-5-19-7-6-10-9-16-12(15)8-11(10)13(18)17-14(2,3)4;1-10(2,3)14-9(15)6-4-8(12)13-5-7(6)11;1-6-7-10-11-8(2,3)9(4,5)12-10;10-6-3-16-8(19-20(17,18)9(12,13)14)4-1-7(11)15-2-5(4)6;9-6-3-13-8(11)4-1-7(10)12-2-5(4)6;9-6-3-12-8(13)4-1-7(10)11-2-5(4)6;9-7-3-6-5(4-11-7)1-2-10-8(6)12;7-4-2-9-5(8)1-3(4)6(10)11;1-4(2,3)5/h6-9H,5H2,1-4H3,(H,17,18);4-5H,1-3H3,(H,14,15);6-7H,1-5H3;1-3H;1-3H;1-3H,(H,12,13);1-4H,(H,10,12);1-2H,(H,10,11);5H2,1-3H3/b7-6+;;7-6+;;;;;;. The number of halogens is 16. The number of hydrogen-bond acceptors (Lipinski definition) is 21. The van der Waals surface area contributed by atoms with Crippen molar-refractivity contribution >= 4 is 268 Å². The molecular formula is C76H77BBr5Cl7F3IN14O12S. The molecule has 26 nitrogen and oxygen atoms in total. The molecule has 0 unspecified atom stereocenters. The van der Waals surface area contributed by atoms with Crippen molar-refractivity contribution in [1.82, 2.24) is 65.5 Å². The van der Waals surface area contributed by atoms with Gasteiger partial charge in [0, 0.05) is 135 Å². The number of nitrogens with zero attached hydrogens (tertiary/aromatic N) is 9. The summed E-state index contributed by atoms with van der Waals surface area (Å²) in [6.07, 6.45) is 21.8. The predicted molar refractivity (Wildman–Crippen MR) is 495 cm³/mol. The van der Waals surface area contributed by atoms with Crippen molar-refractivity contribution in [1.29, 1.82) is 0 Å². The third kappa shape index (κ3) is 35.3. The summed E-state index contributed by atoms with van der Waals surface area (Å²) in [5.74, 6) is -0.186. The molecule has 12 heterocycles. The number of pyridine rings is 11. The molecule has 11 aromatic rings. The van der Waals surface area contributed by atoms with E-state index in [1.807, 2.05) is 94.3 Å². The summed E-state index contributed by atoms with van der Waals surface area (Å²) in [6, 6.07) is 12.2. The molecule has 1 fully saturated rings. The number of nitrogens with two attached hydrogens (primary N) is 1. The third-order valence-corrected chi connectivity index (χ3v) is 20.9. The number of carbonyl (C=O) groups is 3. The molecule has 44 heteroatoms. The second-order valence-corrected chi connectivity index (χ2v) is 37.9. The first-order valence-electron chi connectivity index (χ1n) is 34.4. The average molecular weight is 2250 g/mol. The van der Waals surface area contributed by atoms with Crippen LogP contribution < -0.4 is 31.7 Å². The Hall–Kier alpha value is -6.38. The van der Waals surface area contributed by atoms with Crippen LogP contribution in [0.15, 0.2) is 167 Å². The summed E-state index contributed by atoms with van der Waals surface area (Å²) in [6.45, 7) is 30.0. The van der Waals surface area contributed by atoms with E-state index < -0.39 is 27.5 Å². The number of alkyl halides is 3. The number of rotatable bonds is 9. The molecule has 0 bridgehead atoms. The van der Waals surface area contributed by atoms with Crippen molar-refractivity contribution in [3.05, 3.63) is 240 Å². The number of aromatic nitrogens is 11. The molecule has 2 amide bonds. The molecule has 0 radical (unpaired) electrons. The molecular weight excluding hydrogens is 2180 g/mol. The van der Waals surface area contributed by atoms with Gasteiger partial charge in [-0.15, -0.1) is 0 Å². The second kappa shape index (κ2) is 47.1. The van der Waals surface area contributed by atoms with Crippen molar-refractivity contribution in [2.75, 3.05) is 6.61 Å². The zero-order valence-electron chi connectivity index (χ0n) is 66.1. The van der Waals surface area contributed by atoms with Crippen LogP contribution in [0.4, 0.5) is 13.2 Å². The molecule has 12 rings (SSSR count). The summed E-state index contributed by atoms with van der Waals surface area (Å²) in [5.41, 5.74) is 0.242. The number of ether oxygens (including phenoxy) is 1. The van der Waals surface area contributed by atoms with Crippen molar-refractivity contribution in [2.45, 2.75) is 137 Å². The highest BCUT2D eigenvalue weighted by Gasteiger charge is 2.50. The molecule has 0 saturated carbocycles. The van der Waals surface area contributed by atoms with Crippen molar-refractivity contribution < 1.29 is 59.3 Å². The van der Waals surface area contributed by atoms with Gasteiger partial charge >= 0.3 is 28.7 Å². The highest BCUT2D eigenvalue weighted by atomic mass is 127. The SMILES string of the molecule is C/C=C/B1OC(C)(C)C(C)(C)O1.CC(C)(C)N.CC(C)(C)NC(=O)c1cc(Cl)ncc1Br.CCO/C=C/c1cnc(Cl)cc1C(=O)NC(C)(C)C.Clc1cc2c(I)ncc(Br)c2cn1.O=C(O)c1cc(Cl)ncc1Br.O=S(=O)(Oc1ncc(Br)c2cnc(Cl)cc12)C(F)(F)F.O=c1[nH]cc(Br)c2cnc(Cl)cc12.O=c1[nH]ccc2cnc(Cl)cc12. The fourth-order valence-electron chi connectivity index (χ4n) is 8.55. The van der Waals surface area contributed by atoms with Gasteiger partial charge in [-0.2, -0.15) is 21.6 Å². The maximum absolute atomic E-state index is 12.3. The molecule has 1 aliphatic rings. The van der Waals surface area contributed by atoms with E-state index in [-0.39, 0.29) is 84.3 Å². The Bertz CT molecular complexity index is 5750. The fourth-order valence-corrected chi connectivity index (χ4v) is 12.7. The number of allylic oxidation sites excluding steroid dienone is 1. The van der Waals surface area contributed by atoms with E-state index in [4.69, 9.17) is 106 Å². The van der Waals surface area contributed by atoms with E-state index in [9.17, 15) is 45.6 Å². The number of nitrogens with one attached hydrogen (secondary N) is 4. The quantitative estimate of drug-likeness (QED) is 0.0195. The maximum Gasteiger partial charge on any atom is 0.534 e. The van der Waals surface area contributed by atoms with Crippen LogP contribution in [0, 0.1) is 3.70 Å². The lowest BCUT2D eigenvalue weighted by Crippen LogP contribution is -2.41. The Balaban J connectivity index is 0.000000288. The molecule has 1 aliphatic heterocycles. The van der Waals surface area contributed by atoms with E-state index in [1.54, 1.807) is 80.0 Å². The first kappa shape index (κ1) is 106. The first-order valence-corrected chi connectivity index (χ1v) is 43.5. The lowest BCUT2D eigenvalue weighted by atomic mass is 9.90. The van der Waals surface area contributed by atoms with Gasteiger partial charge in [-0.1, -0.05) is 93.3 Å². The van der Waals surface area contributed by atoms with Crippen molar-refractivity contribution in [2.24, 2.45) is 5.73 Å². The number of hydrogen-bond donors (Lipinski definition) is 6. The van der Waals surface area contributed by atoms with Crippen LogP contribution in [-0.4, -0.2) is 133 Å². The van der Waals surface area contributed by atoms with Gasteiger partial charge in [0.1, 0.15) is 39.8 Å². The molecule has 644 valence electrons. The van der Waals surface area contributed by atoms with Gasteiger partial charge < -0.3 is 49.7 Å². The number of aromatic carboxylic acids is 1. The number of carboxylic acid groups (broad SMARTS) is 1. The largest absolute Gasteiger partial charge is 0.534 e. The molecule has 7 N–H and O–H groups in total. The van der Waals surface area contributed by atoms with Crippen LogP contribution in [0.2, 0.25) is 36.1 Å². The van der Waals surface area contributed by atoms with Gasteiger partial charge in [0.05, 0.1) is 61.4 Å². The minimum absolute atomic E-state index is 0. The van der Waals surface area contributed by atoms with Crippen molar-refractivity contribution in [3.63, 3.8) is 0 Å². The van der Waals surface area contributed by atoms with E-state index in [0.717, 1.165) is 46.5 Å². The molecule has 0 aliphatic carbocycles. The zero-order chi connectivity index (χ0) is 91.0. The Morgan fingerprint density at radius 3 is 1.43 bits per heavy atom. The number of carbonyl (C=O) groups excluding carboxylic acids is 2. The Morgan fingerprint density at radius 1 is 0.567 bits per heavy atom. The number of aromatic amines is 2. The average Bonchev–Trinajstić information content (AvgIpc) is 1.02. The Morgan fingerprint density at radius 2 is 0.958 bits per heavy atom. The summed E-state index contributed by atoms with van der Waals surface area (Å²) in [5, 5.41) is 21.2. The third-order valence-electron chi connectivity index (χ3n) is 14.5. The van der Waals surface area contributed by atoms with Gasteiger partial charge in [0.15, 0.2) is 0 Å². The zero-order valence-corrected chi connectivity index (χ0v) is 82.3. The topological polar surface area (TPSA) is 374 Å². The van der Waals surface area contributed by atoms with Gasteiger partial charge in [0.25, 0.3) is 22.9 Å². The summed E-state index contributed by atoms with van der Waals surface area (Å²) >= 11 is 58.0. The van der Waals surface area contributed by atoms with E-state index in [2.05, 4.69) is 200 Å². The van der Waals surface area contributed by atoms with E-state index in [0.29, 0.717) is 73.5 Å². The summed E-state index contributed by atoms with van der Waals surface area (Å²) in [7, 11) is -5.99. The lowest BCUT2D eigenvalue weighted by Gasteiger charge is -2.32. The normalized spacial score (nSPS) is 12.8. The number of amides is 2. The van der Waals surface area contributed by atoms with Crippen LogP contribution >= 0.6 is 183 Å². The monoisotopic (exact) mass is 2240 g/mol. The molecule has 0 spiro atoms. The molecule has 120 heavy (non-hydrogen) atoms. The van der Waals surface area contributed by atoms with Gasteiger partial charge in [-0.3, -0.25) is 19.2 Å². The van der Waals surface area contributed by atoms with Gasteiger partial charge in [-0.25, -0.2) is 49.7 Å². The van der Waals surface area contributed by atoms with Gasteiger partial charge in [0.2, 0.25) is 5.88 Å². The predicted octanol–water partition coefficient (Wildman–Crippen LogP) is 22.3. The van der Waals surface area contributed by atoms with Crippen LogP contribution in [0.3, 0.4) is 0 Å². The number of fused-ring (bicyclic) bond motifs is 4. The van der Waals surface area contributed by atoms with E-state index >= 15 is 0 Å². The summed E-state index contributed by atoms with van der Waals surface area (Å²) < 4.78 is 83.5. The minimum atomic E-state index is -5.81. The fraction of sp³-hybridized carbons (Fsp3) is 0.289. The van der Waals surface area contributed by atoms with Crippen LogP contribution in [-0.2, 0) is 24.2 Å². The number of carboxylic acids is 1. The molecule has 0 atom stereocenters. The molecule has 11 aromatic heterocycles. The Labute approximate surface area is 780 Å². The lowest BCUT2D eigenvalue weighted by molar-refractivity contribution is -0.0501. The first-order chi connectivity index (χ1) is 55.4. The highest BCUT2D eigenvalue weighted by molar-refractivity contribution is 14.1. The number of H-pyrrole nitrogens is 2. The summed E-state index contributed by atoms with van der Waals surface area (Å²) in [4.78, 5) is 96.8. The Kier molecular flexibility index (Phi) is 41.6. The van der Waals surface area contributed by atoms with E-state index in [1.165, 1.54) is 30.7 Å². The molecule has 0 aromatic carbocycles. The smallest absolute Gasteiger partial charge is 0.501 e. The molecule has 1 saturated heterocycles. The van der Waals surface area contributed by atoms with Crippen molar-refractivity contribution in [3.8, 4) is 5.88 Å². The highest BCUT2D eigenvalue weighted by Crippen LogP contribution is 2.38. The van der Waals surface area contributed by atoms with Crippen LogP contribution in [0.1, 0.15) is 140 Å². The maximum atomic E-state index is 12.3. The minimum Gasteiger partial charge on any atom is -0.501 e. The van der Waals surface area contributed by atoms with Crippen LogP contribution in [0.25, 0.3) is 49.2 Å².